The number of benzene rings is 3. The van der Waals surface area contributed by atoms with Crippen LogP contribution in [0.4, 0.5) is 18.9 Å². The molecule has 8 heteroatoms. The van der Waals surface area contributed by atoms with E-state index >= 15 is 0 Å². The Morgan fingerprint density at radius 2 is 1.69 bits per heavy atom. The Kier molecular flexibility index (Phi) is 6.02. The van der Waals surface area contributed by atoms with E-state index in [1.54, 1.807) is 0 Å². The van der Waals surface area contributed by atoms with Gasteiger partial charge in [-0.1, -0.05) is 48.5 Å². The lowest BCUT2D eigenvalue weighted by Gasteiger charge is -2.26. The second-order valence-electron chi connectivity index (χ2n) is 7.13. The van der Waals surface area contributed by atoms with Crippen LogP contribution >= 0.6 is 0 Å². The highest BCUT2D eigenvalue weighted by Crippen LogP contribution is 2.35. The molecule has 1 atom stereocenters. The van der Waals surface area contributed by atoms with Gasteiger partial charge in [-0.2, -0.15) is 13.2 Å². The van der Waals surface area contributed by atoms with Crippen molar-refractivity contribution in [3.63, 3.8) is 0 Å². The van der Waals surface area contributed by atoms with E-state index in [4.69, 9.17) is 4.74 Å². The number of hydrogen-bond donors (Lipinski definition) is 3. The zero-order valence-corrected chi connectivity index (χ0v) is 16.8. The smallest absolute Gasteiger partial charge is 0.416 e. The Hall–Kier alpha value is -3.94. The van der Waals surface area contributed by atoms with Crippen molar-refractivity contribution >= 4 is 17.3 Å². The van der Waals surface area contributed by atoms with Crippen molar-refractivity contribution in [3.05, 3.63) is 102 Å². The molecule has 3 aromatic carbocycles. The third-order valence-corrected chi connectivity index (χ3v) is 4.86. The number of amides is 1. The van der Waals surface area contributed by atoms with E-state index in [2.05, 4.69) is 16.2 Å². The summed E-state index contributed by atoms with van der Waals surface area (Å²) in [4.78, 5) is 12.3. The van der Waals surface area contributed by atoms with Gasteiger partial charge in [-0.25, -0.2) is 0 Å². The van der Waals surface area contributed by atoms with Crippen molar-refractivity contribution in [2.45, 2.75) is 12.3 Å². The highest BCUT2D eigenvalue weighted by molar-refractivity contribution is 5.82. The first-order valence-electron chi connectivity index (χ1n) is 9.89. The van der Waals surface area contributed by atoms with Crippen LogP contribution in [0.2, 0.25) is 0 Å². The van der Waals surface area contributed by atoms with Crippen LogP contribution in [-0.4, -0.2) is 12.5 Å². The van der Waals surface area contributed by atoms with E-state index in [9.17, 15) is 18.0 Å². The first kappa shape index (κ1) is 21.3. The van der Waals surface area contributed by atoms with E-state index in [-0.39, 0.29) is 18.3 Å². The molecule has 0 saturated heterocycles. The van der Waals surface area contributed by atoms with Crippen LogP contribution in [0.1, 0.15) is 22.8 Å². The lowest BCUT2D eigenvalue weighted by atomic mass is 10.0. The lowest BCUT2D eigenvalue weighted by Crippen LogP contribution is -2.40. The Morgan fingerprint density at radius 1 is 0.938 bits per heavy atom. The molecule has 3 aromatic rings. The van der Waals surface area contributed by atoms with Crippen molar-refractivity contribution in [1.29, 1.82) is 0 Å². The molecule has 0 aliphatic carbocycles. The summed E-state index contributed by atoms with van der Waals surface area (Å²) in [6.45, 7) is -0.206. The number of nitrogens with one attached hydrogen (secondary N) is 3. The molecule has 0 bridgehead atoms. The summed E-state index contributed by atoms with van der Waals surface area (Å²) in [5.74, 6) is 0.228. The number of rotatable bonds is 6. The van der Waals surface area contributed by atoms with Crippen LogP contribution in [0.25, 0.3) is 5.70 Å². The van der Waals surface area contributed by atoms with Gasteiger partial charge < -0.3 is 10.1 Å². The molecule has 0 aromatic heterocycles. The van der Waals surface area contributed by atoms with Crippen LogP contribution in [0, 0.1) is 0 Å². The van der Waals surface area contributed by atoms with Gasteiger partial charge in [0, 0.05) is 11.3 Å². The number of para-hydroxylation sites is 1. The molecule has 0 radical (unpaired) electrons. The topological polar surface area (TPSA) is 62.4 Å². The van der Waals surface area contributed by atoms with Crippen LogP contribution in [0.15, 0.2) is 84.9 Å². The number of ether oxygens (including phenoxy) is 1. The summed E-state index contributed by atoms with van der Waals surface area (Å²) in [5.41, 5.74) is 7.32. The van der Waals surface area contributed by atoms with Gasteiger partial charge in [0.05, 0.1) is 17.8 Å². The molecule has 164 valence electrons. The number of hydrogen-bond acceptors (Lipinski definition) is 4. The predicted octanol–water partition coefficient (Wildman–Crippen LogP) is 4.91. The quantitative estimate of drug-likeness (QED) is 0.478. The van der Waals surface area contributed by atoms with Gasteiger partial charge in [0.2, 0.25) is 0 Å². The molecular formula is C24H20F3N3O2. The fourth-order valence-electron chi connectivity index (χ4n) is 3.29. The molecule has 4 rings (SSSR count). The van der Waals surface area contributed by atoms with E-state index in [0.717, 1.165) is 23.3 Å². The zero-order valence-electron chi connectivity index (χ0n) is 16.8. The first-order valence-corrected chi connectivity index (χ1v) is 9.89. The molecule has 32 heavy (non-hydrogen) atoms. The number of carbonyl (C=O) groups excluding carboxylic acids is 1. The molecule has 3 N–H and O–H groups in total. The maximum absolute atomic E-state index is 12.8. The van der Waals surface area contributed by atoms with Gasteiger partial charge in [-0.05, 0) is 42.0 Å². The Balaban J connectivity index is 1.41. The fourth-order valence-corrected chi connectivity index (χ4v) is 3.29. The van der Waals surface area contributed by atoms with E-state index < -0.39 is 17.6 Å². The van der Waals surface area contributed by atoms with Gasteiger partial charge >= 0.3 is 6.18 Å². The van der Waals surface area contributed by atoms with Crippen LogP contribution in [-0.2, 0) is 11.0 Å². The van der Waals surface area contributed by atoms with E-state index in [1.807, 2.05) is 60.7 Å². The lowest BCUT2D eigenvalue weighted by molar-refractivity contribution is -0.137. The van der Waals surface area contributed by atoms with Gasteiger partial charge in [0.1, 0.15) is 11.9 Å². The molecule has 1 aliphatic rings. The molecule has 0 unspecified atom stereocenters. The van der Waals surface area contributed by atoms with Crippen molar-refractivity contribution < 1.29 is 22.7 Å². The number of alkyl halides is 3. The minimum atomic E-state index is -4.44. The number of fused-ring (bicyclic) bond motifs is 1. The normalized spacial score (nSPS) is 15.1. The SMILES string of the molecule is O=C(CNc1cccc(C(F)(F)F)c1)NNC1=C[C@H](c2ccccc2)Oc2ccccc21. The number of anilines is 1. The second-order valence-corrected chi connectivity index (χ2v) is 7.13. The molecule has 1 amide bonds. The van der Waals surface area contributed by atoms with Crippen LogP contribution < -0.4 is 20.9 Å². The Bertz CT molecular complexity index is 1130. The standard InChI is InChI=1S/C24H20F3N3O2/c25-24(26,27)17-9-6-10-18(13-17)28-15-23(31)30-29-20-14-22(16-7-2-1-3-8-16)32-21-12-5-4-11-19(20)21/h1-14,22,28-29H,15H2,(H,30,31)/t22-/m1/s1. The molecule has 5 nitrogen and oxygen atoms in total. The molecule has 1 heterocycles. The van der Waals surface area contributed by atoms with E-state index in [0.29, 0.717) is 11.4 Å². The van der Waals surface area contributed by atoms with Crippen molar-refractivity contribution in [2.75, 3.05) is 11.9 Å². The third kappa shape index (κ3) is 5.03. The molecule has 0 fully saturated rings. The Morgan fingerprint density at radius 3 is 2.47 bits per heavy atom. The van der Waals surface area contributed by atoms with Crippen LogP contribution in [0.3, 0.4) is 0 Å². The molecule has 1 aliphatic heterocycles. The van der Waals surface area contributed by atoms with Crippen LogP contribution in [0.5, 0.6) is 5.75 Å². The fraction of sp³-hybridized carbons (Fsp3) is 0.125. The van der Waals surface area contributed by atoms with Crippen molar-refractivity contribution in [3.8, 4) is 5.75 Å². The van der Waals surface area contributed by atoms with Gasteiger partial charge in [0.25, 0.3) is 5.91 Å². The first-order chi connectivity index (χ1) is 15.4. The molecule has 0 saturated carbocycles. The summed E-state index contributed by atoms with van der Waals surface area (Å²) >= 11 is 0. The van der Waals surface area contributed by atoms with Gasteiger partial charge in [-0.3, -0.25) is 15.6 Å². The third-order valence-electron chi connectivity index (χ3n) is 4.86. The highest BCUT2D eigenvalue weighted by atomic mass is 19.4. The monoisotopic (exact) mass is 439 g/mol. The minimum absolute atomic E-state index is 0.203. The summed E-state index contributed by atoms with van der Waals surface area (Å²) < 4.78 is 44.6. The summed E-state index contributed by atoms with van der Waals surface area (Å²) in [7, 11) is 0. The summed E-state index contributed by atoms with van der Waals surface area (Å²) in [6.07, 6.45) is -2.92. The summed E-state index contributed by atoms with van der Waals surface area (Å²) in [6, 6.07) is 21.8. The minimum Gasteiger partial charge on any atom is -0.481 e. The maximum atomic E-state index is 12.8. The second kappa shape index (κ2) is 9.05. The number of carbonyl (C=O) groups is 1. The average Bonchev–Trinajstić information content (AvgIpc) is 2.81. The van der Waals surface area contributed by atoms with E-state index in [1.165, 1.54) is 12.1 Å². The summed E-state index contributed by atoms with van der Waals surface area (Å²) in [5, 5.41) is 2.70. The highest BCUT2D eigenvalue weighted by Gasteiger charge is 2.30. The zero-order chi connectivity index (χ0) is 22.6. The number of halogens is 3. The largest absolute Gasteiger partial charge is 0.481 e. The van der Waals surface area contributed by atoms with Crippen molar-refractivity contribution in [2.24, 2.45) is 0 Å². The molecular weight excluding hydrogens is 419 g/mol. The Labute approximate surface area is 182 Å². The maximum Gasteiger partial charge on any atom is 0.416 e. The number of hydrazine groups is 1. The molecule has 0 spiro atoms. The average molecular weight is 439 g/mol. The van der Waals surface area contributed by atoms with Gasteiger partial charge in [-0.15, -0.1) is 0 Å². The predicted molar refractivity (Wildman–Crippen MR) is 115 cm³/mol. The van der Waals surface area contributed by atoms with Crippen molar-refractivity contribution in [1.82, 2.24) is 10.9 Å². The van der Waals surface area contributed by atoms with Gasteiger partial charge in [0.15, 0.2) is 0 Å².